The lowest BCUT2D eigenvalue weighted by molar-refractivity contribution is 0.102. The summed E-state index contributed by atoms with van der Waals surface area (Å²) in [4.78, 5) is 16.8. The molecule has 0 saturated carbocycles. The van der Waals surface area contributed by atoms with Crippen molar-refractivity contribution in [2.45, 2.75) is 0 Å². The summed E-state index contributed by atoms with van der Waals surface area (Å²) in [6, 6.07) is 10.6. The van der Waals surface area contributed by atoms with Gasteiger partial charge >= 0.3 is 0 Å². The molecular weight excluding hydrogens is 328 g/mol. The molecule has 0 radical (unpaired) electrons. The van der Waals surface area contributed by atoms with E-state index in [4.69, 9.17) is 9.47 Å². The summed E-state index contributed by atoms with van der Waals surface area (Å²) in [5.74, 6) is 0.454. The molecule has 0 unspecified atom stereocenters. The third kappa shape index (κ3) is 3.18. The fourth-order valence-corrected chi connectivity index (χ4v) is 2.82. The molecule has 1 aromatic carbocycles. The molecule has 3 aromatic rings. The molecule has 3 rings (SSSR count). The number of carbonyl (C=O) groups is 1. The lowest BCUT2D eigenvalue weighted by Crippen LogP contribution is -2.14. The monoisotopic (exact) mass is 342 g/mol. The molecule has 0 spiro atoms. The van der Waals surface area contributed by atoms with E-state index in [-0.39, 0.29) is 5.91 Å². The van der Waals surface area contributed by atoms with Crippen LogP contribution in [0.25, 0.3) is 10.7 Å². The summed E-state index contributed by atoms with van der Waals surface area (Å²) in [6.45, 7) is 0. The van der Waals surface area contributed by atoms with Crippen molar-refractivity contribution in [1.82, 2.24) is 15.2 Å². The van der Waals surface area contributed by atoms with Crippen LogP contribution in [0.1, 0.15) is 10.4 Å². The molecule has 0 bridgehead atoms. The highest BCUT2D eigenvalue weighted by molar-refractivity contribution is 7.18. The van der Waals surface area contributed by atoms with Gasteiger partial charge in [-0.05, 0) is 24.3 Å². The molecule has 0 aliphatic carbocycles. The number of pyridine rings is 1. The van der Waals surface area contributed by atoms with Gasteiger partial charge in [0.05, 0.1) is 14.2 Å². The minimum absolute atomic E-state index is 0.303. The maximum atomic E-state index is 12.6. The zero-order valence-electron chi connectivity index (χ0n) is 13.0. The number of methoxy groups -OCH3 is 2. The highest BCUT2D eigenvalue weighted by atomic mass is 32.1. The number of carbonyl (C=O) groups excluding carboxylic acids is 1. The Morgan fingerprint density at radius 1 is 1.04 bits per heavy atom. The third-order valence-electron chi connectivity index (χ3n) is 3.18. The summed E-state index contributed by atoms with van der Waals surface area (Å²) in [5, 5.41) is 11.7. The highest BCUT2D eigenvalue weighted by Gasteiger charge is 2.20. The van der Waals surface area contributed by atoms with Gasteiger partial charge in [0.15, 0.2) is 5.01 Å². The number of nitrogens with one attached hydrogen (secondary N) is 1. The number of amides is 1. The smallest absolute Gasteiger partial charge is 0.265 e. The van der Waals surface area contributed by atoms with Crippen molar-refractivity contribution in [1.29, 1.82) is 0 Å². The Morgan fingerprint density at radius 3 is 2.42 bits per heavy atom. The van der Waals surface area contributed by atoms with E-state index in [2.05, 4.69) is 20.5 Å². The zero-order chi connectivity index (χ0) is 16.9. The number of hydrogen-bond acceptors (Lipinski definition) is 7. The van der Waals surface area contributed by atoms with Gasteiger partial charge in [-0.3, -0.25) is 15.1 Å². The first-order valence-corrected chi connectivity index (χ1v) is 7.82. The van der Waals surface area contributed by atoms with E-state index in [0.29, 0.717) is 32.9 Å². The zero-order valence-corrected chi connectivity index (χ0v) is 13.8. The maximum absolute atomic E-state index is 12.6. The molecule has 2 aromatic heterocycles. The average molecular weight is 342 g/mol. The first kappa shape index (κ1) is 15.9. The van der Waals surface area contributed by atoms with Crippen molar-refractivity contribution in [3.8, 4) is 22.2 Å². The molecule has 122 valence electrons. The molecule has 0 aliphatic heterocycles. The molecule has 0 atom stereocenters. The Labute approximate surface area is 142 Å². The Morgan fingerprint density at radius 2 is 1.79 bits per heavy atom. The number of benzene rings is 1. The molecular formula is C16H14N4O3S. The normalized spacial score (nSPS) is 10.2. The fraction of sp³-hybridized carbons (Fsp3) is 0.125. The topological polar surface area (TPSA) is 86.2 Å². The predicted molar refractivity (Wildman–Crippen MR) is 90.6 cm³/mol. The van der Waals surface area contributed by atoms with Crippen LogP contribution in [0.3, 0.4) is 0 Å². The summed E-state index contributed by atoms with van der Waals surface area (Å²) < 4.78 is 10.5. The lowest BCUT2D eigenvalue weighted by Gasteiger charge is -2.11. The largest absolute Gasteiger partial charge is 0.496 e. The molecule has 7 nitrogen and oxygen atoms in total. The minimum Gasteiger partial charge on any atom is -0.496 e. The number of anilines is 1. The summed E-state index contributed by atoms with van der Waals surface area (Å²) in [6.07, 6.45) is 1.68. The van der Waals surface area contributed by atoms with E-state index in [1.165, 1.54) is 25.6 Å². The SMILES string of the molecule is COc1cccc(OC)c1C(=O)Nc1nnc(-c2ccccn2)s1. The Balaban J connectivity index is 1.85. The van der Waals surface area contributed by atoms with Crippen LogP contribution in [0.15, 0.2) is 42.6 Å². The quantitative estimate of drug-likeness (QED) is 0.767. The van der Waals surface area contributed by atoms with Crippen LogP contribution in [-0.4, -0.2) is 35.3 Å². The number of ether oxygens (including phenoxy) is 2. The van der Waals surface area contributed by atoms with Crippen LogP contribution >= 0.6 is 11.3 Å². The van der Waals surface area contributed by atoms with Crippen molar-refractivity contribution in [2.75, 3.05) is 19.5 Å². The summed E-state index contributed by atoms with van der Waals surface area (Å²) in [7, 11) is 2.99. The Hall–Kier alpha value is -3.00. The van der Waals surface area contributed by atoms with Crippen molar-refractivity contribution >= 4 is 22.4 Å². The van der Waals surface area contributed by atoms with Crippen LogP contribution in [-0.2, 0) is 0 Å². The van der Waals surface area contributed by atoms with Crippen molar-refractivity contribution in [3.05, 3.63) is 48.2 Å². The van der Waals surface area contributed by atoms with Gasteiger partial charge in [-0.15, -0.1) is 10.2 Å². The van der Waals surface area contributed by atoms with Crippen LogP contribution in [0.2, 0.25) is 0 Å². The second-order valence-electron chi connectivity index (χ2n) is 4.62. The number of nitrogens with zero attached hydrogens (tertiary/aromatic N) is 3. The van der Waals surface area contributed by atoms with E-state index in [9.17, 15) is 4.79 Å². The number of rotatable bonds is 5. The van der Waals surface area contributed by atoms with Gasteiger partial charge in [-0.2, -0.15) is 0 Å². The average Bonchev–Trinajstić information content (AvgIpc) is 3.10. The van der Waals surface area contributed by atoms with Gasteiger partial charge < -0.3 is 9.47 Å². The van der Waals surface area contributed by atoms with E-state index < -0.39 is 0 Å². The third-order valence-corrected chi connectivity index (χ3v) is 4.05. The summed E-state index contributed by atoms with van der Waals surface area (Å²) >= 11 is 1.24. The second-order valence-corrected chi connectivity index (χ2v) is 5.60. The standard InChI is InChI=1S/C16H14N4O3S/c1-22-11-7-5-8-12(23-2)13(11)14(21)18-16-20-19-15(24-16)10-6-3-4-9-17-10/h3-9H,1-2H3,(H,18,20,21). The van der Waals surface area contributed by atoms with E-state index in [1.54, 1.807) is 24.4 Å². The second kappa shape index (κ2) is 7.05. The molecule has 2 heterocycles. The van der Waals surface area contributed by atoms with Gasteiger partial charge in [0.2, 0.25) is 5.13 Å². The lowest BCUT2D eigenvalue weighted by atomic mass is 10.1. The minimum atomic E-state index is -0.381. The van der Waals surface area contributed by atoms with E-state index in [0.717, 1.165) is 0 Å². The van der Waals surface area contributed by atoms with Gasteiger partial charge in [0.1, 0.15) is 22.8 Å². The van der Waals surface area contributed by atoms with Crippen molar-refractivity contribution in [3.63, 3.8) is 0 Å². The van der Waals surface area contributed by atoms with E-state index in [1.807, 2.05) is 18.2 Å². The van der Waals surface area contributed by atoms with Crippen molar-refractivity contribution in [2.24, 2.45) is 0 Å². The van der Waals surface area contributed by atoms with Gasteiger partial charge in [-0.1, -0.05) is 23.5 Å². The molecule has 0 aliphatic rings. The van der Waals surface area contributed by atoms with Crippen LogP contribution in [0, 0.1) is 0 Å². The van der Waals surface area contributed by atoms with Gasteiger partial charge in [-0.25, -0.2) is 0 Å². The molecule has 8 heteroatoms. The van der Waals surface area contributed by atoms with E-state index >= 15 is 0 Å². The number of aromatic nitrogens is 3. The Kier molecular flexibility index (Phi) is 4.66. The summed E-state index contributed by atoms with van der Waals surface area (Å²) in [5.41, 5.74) is 1.00. The highest BCUT2D eigenvalue weighted by Crippen LogP contribution is 2.30. The van der Waals surface area contributed by atoms with Gasteiger partial charge in [0.25, 0.3) is 5.91 Å². The first-order valence-electron chi connectivity index (χ1n) is 7.00. The predicted octanol–water partition coefficient (Wildman–Crippen LogP) is 2.87. The Bertz CT molecular complexity index is 829. The molecule has 24 heavy (non-hydrogen) atoms. The molecule has 1 amide bonds. The molecule has 0 saturated heterocycles. The van der Waals surface area contributed by atoms with Crippen LogP contribution < -0.4 is 14.8 Å². The van der Waals surface area contributed by atoms with Crippen LogP contribution in [0.4, 0.5) is 5.13 Å². The van der Waals surface area contributed by atoms with Crippen molar-refractivity contribution < 1.29 is 14.3 Å². The molecule has 1 N–H and O–H groups in total. The maximum Gasteiger partial charge on any atom is 0.265 e. The van der Waals surface area contributed by atoms with Gasteiger partial charge in [0, 0.05) is 6.20 Å². The fourth-order valence-electron chi connectivity index (χ4n) is 2.10. The van der Waals surface area contributed by atoms with Crippen LogP contribution in [0.5, 0.6) is 11.5 Å². The first-order chi connectivity index (χ1) is 11.7. The number of hydrogen-bond donors (Lipinski definition) is 1. The molecule has 0 fully saturated rings.